The monoisotopic (exact) mass is 354 g/mol. The highest BCUT2D eigenvalue weighted by molar-refractivity contribution is 5.77. The molecule has 0 aliphatic carbocycles. The molecule has 1 unspecified atom stereocenters. The van der Waals surface area contributed by atoms with Crippen molar-refractivity contribution in [3.05, 3.63) is 71.3 Å². The molecule has 1 heterocycles. The highest BCUT2D eigenvalue weighted by Gasteiger charge is 2.43. The number of carbonyl (C=O) groups is 1. The lowest BCUT2D eigenvalue weighted by Gasteiger charge is -2.44. The normalized spacial score (nSPS) is 19.5. The summed E-state index contributed by atoms with van der Waals surface area (Å²) in [7, 11) is 1.41. The SMILES string of the molecule is COC(=O)C(C)c1cccc(C2(c3ccccc3)OCC(C)(C)CO2)c1. The molecule has 0 saturated carbocycles. The molecule has 0 bridgehead atoms. The fourth-order valence-electron chi connectivity index (χ4n) is 3.16. The molecule has 0 aromatic heterocycles. The standard InChI is InChI=1S/C22H26O4/c1-16(20(23)24-4)17-9-8-12-19(13-17)22(18-10-6-5-7-11-18)25-14-21(2,3)15-26-22/h5-13,16H,14-15H2,1-4H3. The van der Waals surface area contributed by atoms with E-state index < -0.39 is 5.79 Å². The second kappa shape index (κ2) is 7.22. The molecule has 1 aliphatic heterocycles. The van der Waals surface area contributed by atoms with Gasteiger partial charge in [0, 0.05) is 16.5 Å². The molecular formula is C22H26O4. The van der Waals surface area contributed by atoms with E-state index in [9.17, 15) is 4.79 Å². The van der Waals surface area contributed by atoms with Crippen LogP contribution in [0.4, 0.5) is 0 Å². The maximum atomic E-state index is 12.0. The molecule has 4 nitrogen and oxygen atoms in total. The maximum Gasteiger partial charge on any atom is 0.312 e. The van der Waals surface area contributed by atoms with Crippen molar-refractivity contribution in [3.8, 4) is 0 Å². The van der Waals surface area contributed by atoms with Crippen LogP contribution in [0.15, 0.2) is 54.6 Å². The summed E-state index contributed by atoms with van der Waals surface area (Å²) in [5.74, 6) is -1.59. The van der Waals surface area contributed by atoms with E-state index in [0.717, 1.165) is 16.7 Å². The van der Waals surface area contributed by atoms with Gasteiger partial charge in [-0.15, -0.1) is 0 Å². The van der Waals surface area contributed by atoms with Crippen molar-refractivity contribution < 1.29 is 19.0 Å². The Morgan fingerprint density at radius 1 is 1.00 bits per heavy atom. The maximum absolute atomic E-state index is 12.0. The van der Waals surface area contributed by atoms with E-state index in [1.807, 2.05) is 61.5 Å². The first-order valence-corrected chi connectivity index (χ1v) is 8.90. The summed E-state index contributed by atoms with van der Waals surface area (Å²) in [5, 5.41) is 0. The Labute approximate surface area is 155 Å². The number of rotatable bonds is 4. The zero-order valence-corrected chi connectivity index (χ0v) is 15.8. The second-order valence-corrected chi connectivity index (χ2v) is 7.59. The van der Waals surface area contributed by atoms with Crippen molar-refractivity contribution in [1.82, 2.24) is 0 Å². The van der Waals surface area contributed by atoms with Crippen molar-refractivity contribution in [2.75, 3.05) is 20.3 Å². The van der Waals surface area contributed by atoms with Crippen LogP contribution in [-0.4, -0.2) is 26.3 Å². The summed E-state index contributed by atoms with van der Waals surface area (Å²) in [6.45, 7) is 7.25. The Morgan fingerprint density at radius 3 is 2.23 bits per heavy atom. The lowest BCUT2D eigenvalue weighted by atomic mass is 9.89. The van der Waals surface area contributed by atoms with E-state index in [4.69, 9.17) is 14.2 Å². The van der Waals surface area contributed by atoms with Gasteiger partial charge in [0.25, 0.3) is 0 Å². The van der Waals surface area contributed by atoms with Crippen LogP contribution in [0.2, 0.25) is 0 Å². The van der Waals surface area contributed by atoms with Gasteiger partial charge in [-0.1, -0.05) is 62.4 Å². The van der Waals surface area contributed by atoms with Crippen molar-refractivity contribution in [1.29, 1.82) is 0 Å². The van der Waals surface area contributed by atoms with Gasteiger partial charge in [-0.05, 0) is 18.6 Å². The van der Waals surface area contributed by atoms with E-state index in [1.54, 1.807) is 0 Å². The lowest BCUT2D eigenvalue weighted by Crippen LogP contribution is -2.46. The summed E-state index contributed by atoms with van der Waals surface area (Å²) in [6.07, 6.45) is 0. The van der Waals surface area contributed by atoms with Crippen LogP contribution in [0.5, 0.6) is 0 Å². The van der Waals surface area contributed by atoms with E-state index in [1.165, 1.54) is 7.11 Å². The fourth-order valence-corrected chi connectivity index (χ4v) is 3.16. The average Bonchev–Trinajstić information content (AvgIpc) is 2.68. The van der Waals surface area contributed by atoms with Crippen molar-refractivity contribution >= 4 is 5.97 Å². The molecule has 2 aromatic rings. The van der Waals surface area contributed by atoms with Crippen molar-refractivity contribution in [2.24, 2.45) is 5.41 Å². The number of esters is 1. The van der Waals surface area contributed by atoms with Gasteiger partial charge in [0.05, 0.1) is 26.2 Å². The third kappa shape index (κ3) is 3.53. The first-order chi connectivity index (χ1) is 12.4. The van der Waals surface area contributed by atoms with Crippen LogP contribution < -0.4 is 0 Å². The van der Waals surface area contributed by atoms with Crippen LogP contribution in [0.25, 0.3) is 0 Å². The zero-order valence-electron chi connectivity index (χ0n) is 15.8. The Kier molecular flexibility index (Phi) is 5.17. The van der Waals surface area contributed by atoms with Gasteiger partial charge in [0.15, 0.2) is 0 Å². The number of ether oxygens (including phenoxy) is 3. The highest BCUT2D eigenvalue weighted by atomic mass is 16.7. The van der Waals surface area contributed by atoms with Crippen LogP contribution in [0.3, 0.4) is 0 Å². The average molecular weight is 354 g/mol. The lowest BCUT2D eigenvalue weighted by molar-refractivity contribution is -0.284. The van der Waals surface area contributed by atoms with E-state index in [0.29, 0.717) is 13.2 Å². The summed E-state index contributed by atoms with van der Waals surface area (Å²) < 4.78 is 17.6. The van der Waals surface area contributed by atoms with Gasteiger partial charge >= 0.3 is 5.97 Å². The molecule has 0 radical (unpaired) electrons. The highest BCUT2D eigenvalue weighted by Crippen LogP contribution is 2.42. The Morgan fingerprint density at radius 2 is 1.62 bits per heavy atom. The van der Waals surface area contributed by atoms with Crippen LogP contribution in [-0.2, 0) is 24.8 Å². The molecule has 1 aliphatic rings. The first-order valence-electron chi connectivity index (χ1n) is 8.90. The summed E-state index contributed by atoms with van der Waals surface area (Å²) in [4.78, 5) is 12.0. The summed E-state index contributed by atoms with van der Waals surface area (Å²) in [5.41, 5.74) is 2.65. The second-order valence-electron chi connectivity index (χ2n) is 7.59. The predicted molar refractivity (Wildman–Crippen MR) is 99.8 cm³/mol. The molecule has 2 aromatic carbocycles. The fraction of sp³-hybridized carbons (Fsp3) is 0.409. The molecule has 1 fully saturated rings. The van der Waals surface area contributed by atoms with E-state index >= 15 is 0 Å². The topological polar surface area (TPSA) is 44.8 Å². The van der Waals surface area contributed by atoms with Crippen LogP contribution in [0.1, 0.15) is 43.4 Å². The van der Waals surface area contributed by atoms with Crippen molar-refractivity contribution in [2.45, 2.75) is 32.5 Å². The molecule has 0 amide bonds. The van der Waals surface area contributed by atoms with Gasteiger partial charge in [-0.25, -0.2) is 0 Å². The minimum Gasteiger partial charge on any atom is -0.469 e. The number of methoxy groups -OCH3 is 1. The molecule has 1 atom stereocenters. The van der Waals surface area contributed by atoms with Gasteiger partial charge in [0.2, 0.25) is 5.79 Å². The minimum atomic E-state index is -0.970. The quantitative estimate of drug-likeness (QED) is 0.771. The molecule has 4 heteroatoms. The zero-order chi connectivity index (χ0) is 18.8. The Hall–Kier alpha value is -2.17. The van der Waals surface area contributed by atoms with Crippen LogP contribution in [0, 0.1) is 5.41 Å². The first kappa shape index (κ1) is 18.6. The van der Waals surface area contributed by atoms with Crippen LogP contribution >= 0.6 is 0 Å². The van der Waals surface area contributed by atoms with Gasteiger partial charge in [-0.3, -0.25) is 4.79 Å². The van der Waals surface area contributed by atoms with Crippen molar-refractivity contribution in [3.63, 3.8) is 0 Å². The summed E-state index contributed by atoms with van der Waals surface area (Å²) in [6, 6.07) is 17.8. The molecule has 138 valence electrons. The molecule has 1 saturated heterocycles. The molecule has 0 spiro atoms. The van der Waals surface area contributed by atoms with E-state index in [-0.39, 0.29) is 17.3 Å². The number of benzene rings is 2. The predicted octanol–water partition coefficient (Wildman–Crippen LogP) is 4.24. The Balaban J connectivity index is 2.05. The Bertz CT molecular complexity index is 757. The third-order valence-corrected chi connectivity index (χ3v) is 4.81. The largest absolute Gasteiger partial charge is 0.469 e. The molecule has 3 rings (SSSR count). The van der Waals surface area contributed by atoms with E-state index in [2.05, 4.69) is 13.8 Å². The van der Waals surface area contributed by atoms with Gasteiger partial charge in [-0.2, -0.15) is 0 Å². The third-order valence-electron chi connectivity index (χ3n) is 4.81. The number of hydrogen-bond acceptors (Lipinski definition) is 4. The number of hydrogen-bond donors (Lipinski definition) is 0. The smallest absolute Gasteiger partial charge is 0.312 e. The number of carbonyl (C=O) groups excluding carboxylic acids is 1. The molecule has 0 N–H and O–H groups in total. The van der Waals surface area contributed by atoms with Gasteiger partial charge < -0.3 is 14.2 Å². The minimum absolute atomic E-state index is 0.0464. The molecular weight excluding hydrogens is 328 g/mol. The summed E-state index contributed by atoms with van der Waals surface area (Å²) >= 11 is 0. The van der Waals surface area contributed by atoms with Gasteiger partial charge in [0.1, 0.15) is 0 Å². The molecule has 26 heavy (non-hydrogen) atoms.